The molecule has 3 aromatic rings. The number of carbonyl (C=O) groups excluding carboxylic acids is 2. The normalized spacial score (nSPS) is 13.3. The van der Waals surface area contributed by atoms with Gasteiger partial charge in [0.1, 0.15) is 12.0 Å². The SMILES string of the molecule is CCc1cccc(-c2ccc(CC3=CC(=O)c4ncncc4C3=O)cc2)c1. The van der Waals surface area contributed by atoms with Crippen LogP contribution in [0.2, 0.25) is 0 Å². The molecule has 0 saturated carbocycles. The standard InChI is InChI=1S/C23H18N2O2/c1-2-15-4-3-5-18(10-15)17-8-6-16(7-9-17)11-19-12-21(26)22-20(23(19)27)13-24-14-25-22/h3-10,12-14H,2,11H2,1H3. The number of aromatic nitrogens is 2. The van der Waals surface area contributed by atoms with Gasteiger partial charge in [-0.05, 0) is 34.8 Å². The third-order valence-electron chi connectivity index (χ3n) is 4.80. The van der Waals surface area contributed by atoms with Gasteiger partial charge in [0.05, 0.1) is 5.56 Å². The smallest absolute Gasteiger partial charge is 0.205 e. The van der Waals surface area contributed by atoms with Crippen LogP contribution in [0.1, 0.15) is 38.9 Å². The van der Waals surface area contributed by atoms with Crippen molar-refractivity contribution in [3.05, 3.63) is 95.1 Å². The van der Waals surface area contributed by atoms with Crippen LogP contribution in [0, 0.1) is 0 Å². The van der Waals surface area contributed by atoms with Gasteiger partial charge in [-0.15, -0.1) is 0 Å². The van der Waals surface area contributed by atoms with Gasteiger partial charge in [-0.3, -0.25) is 9.59 Å². The van der Waals surface area contributed by atoms with Crippen LogP contribution in [0.15, 0.2) is 72.7 Å². The van der Waals surface area contributed by atoms with Gasteiger partial charge in [0, 0.05) is 18.2 Å². The number of benzene rings is 2. The largest absolute Gasteiger partial charge is 0.289 e. The Bertz CT molecular complexity index is 1070. The fourth-order valence-corrected chi connectivity index (χ4v) is 3.29. The molecule has 0 N–H and O–H groups in total. The Balaban J connectivity index is 1.57. The maximum Gasteiger partial charge on any atom is 0.205 e. The van der Waals surface area contributed by atoms with Crippen molar-refractivity contribution in [1.82, 2.24) is 9.97 Å². The summed E-state index contributed by atoms with van der Waals surface area (Å²) in [5.74, 6) is -0.417. The van der Waals surface area contributed by atoms with E-state index in [2.05, 4.69) is 53.3 Å². The zero-order valence-electron chi connectivity index (χ0n) is 15.0. The topological polar surface area (TPSA) is 59.9 Å². The second-order valence-corrected chi connectivity index (χ2v) is 6.58. The minimum absolute atomic E-state index is 0.176. The van der Waals surface area contributed by atoms with Crippen LogP contribution in [0.5, 0.6) is 0 Å². The summed E-state index contributed by atoms with van der Waals surface area (Å²) in [4.78, 5) is 32.6. The van der Waals surface area contributed by atoms with E-state index in [0.717, 1.165) is 17.5 Å². The summed E-state index contributed by atoms with van der Waals surface area (Å²) in [5, 5.41) is 0. The molecule has 1 heterocycles. The van der Waals surface area contributed by atoms with Crippen LogP contribution in [0.4, 0.5) is 0 Å². The molecule has 4 rings (SSSR count). The van der Waals surface area contributed by atoms with Crippen molar-refractivity contribution in [3.63, 3.8) is 0 Å². The molecule has 0 saturated heterocycles. The van der Waals surface area contributed by atoms with Gasteiger partial charge in [-0.2, -0.15) is 0 Å². The molecule has 0 spiro atoms. The highest BCUT2D eigenvalue weighted by Crippen LogP contribution is 2.24. The Kier molecular flexibility index (Phi) is 4.47. The third-order valence-corrected chi connectivity index (χ3v) is 4.80. The Morgan fingerprint density at radius 1 is 0.926 bits per heavy atom. The van der Waals surface area contributed by atoms with Crippen LogP contribution in [-0.4, -0.2) is 21.5 Å². The maximum absolute atomic E-state index is 12.6. The van der Waals surface area contributed by atoms with Crippen LogP contribution in [-0.2, 0) is 12.8 Å². The molecule has 0 aliphatic heterocycles. The van der Waals surface area contributed by atoms with Crippen molar-refractivity contribution in [2.24, 2.45) is 0 Å². The molecular weight excluding hydrogens is 336 g/mol. The van der Waals surface area contributed by atoms with E-state index in [4.69, 9.17) is 0 Å². The lowest BCUT2D eigenvalue weighted by Crippen LogP contribution is -2.20. The number of Topliss-reactive ketones (excluding diaryl/α,β-unsaturated/α-hetero) is 1. The zero-order valence-corrected chi connectivity index (χ0v) is 15.0. The molecule has 4 heteroatoms. The second kappa shape index (κ2) is 7.08. The van der Waals surface area contributed by atoms with Gasteiger partial charge in [0.25, 0.3) is 0 Å². The summed E-state index contributed by atoms with van der Waals surface area (Å²) in [6.07, 6.45) is 5.51. The molecule has 0 bridgehead atoms. The lowest BCUT2D eigenvalue weighted by Gasteiger charge is -2.14. The number of nitrogens with zero attached hydrogens (tertiary/aromatic N) is 2. The van der Waals surface area contributed by atoms with Gasteiger partial charge in [0.2, 0.25) is 5.78 Å². The molecule has 2 aromatic carbocycles. The summed E-state index contributed by atoms with van der Waals surface area (Å²) in [7, 11) is 0. The van der Waals surface area contributed by atoms with Gasteiger partial charge >= 0.3 is 0 Å². The first-order chi connectivity index (χ1) is 13.2. The van der Waals surface area contributed by atoms with Crippen LogP contribution < -0.4 is 0 Å². The van der Waals surface area contributed by atoms with Crippen molar-refractivity contribution in [1.29, 1.82) is 0 Å². The lowest BCUT2D eigenvalue weighted by molar-refractivity contribution is 0.0978. The molecule has 0 radical (unpaired) electrons. The third kappa shape index (κ3) is 3.34. The van der Waals surface area contributed by atoms with Crippen LogP contribution >= 0.6 is 0 Å². The average Bonchev–Trinajstić information content (AvgIpc) is 2.72. The highest BCUT2D eigenvalue weighted by Gasteiger charge is 2.26. The molecule has 1 aliphatic rings. The van der Waals surface area contributed by atoms with Crippen LogP contribution in [0.3, 0.4) is 0 Å². The van der Waals surface area contributed by atoms with E-state index >= 15 is 0 Å². The van der Waals surface area contributed by atoms with Crippen molar-refractivity contribution >= 4 is 11.6 Å². The minimum Gasteiger partial charge on any atom is -0.289 e. The Morgan fingerprint density at radius 2 is 1.74 bits per heavy atom. The Labute approximate surface area is 157 Å². The number of allylic oxidation sites excluding steroid dienone is 2. The summed E-state index contributed by atoms with van der Waals surface area (Å²) in [5.41, 5.74) is 5.54. The van der Waals surface area contributed by atoms with E-state index < -0.39 is 0 Å². The molecule has 132 valence electrons. The number of ketones is 2. The number of carbonyl (C=O) groups is 2. The summed E-state index contributed by atoms with van der Waals surface area (Å²) < 4.78 is 0. The maximum atomic E-state index is 12.6. The number of aryl methyl sites for hydroxylation is 1. The summed E-state index contributed by atoms with van der Waals surface area (Å²) in [6.45, 7) is 2.14. The van der Waals surface area contributed by atoms with Crippen LogP contribution in [0.25, 0.3) is 11.1 Å². The highest BCUT2D eigenvalue weighted by molar-refractivity contribution is 6.23. The molecule has 0 unspecified atom stereocenters. The molecular formula is C23H18N2O2. The molecule has 27 heavy (non-hydrogen) atoms. The zero-order chi connectivity index (χ0) is 18.8. The highest BCUT2D eigenvalue weighted by atomic mass is 16.1. The van der Waals surface area contributed by atoms with Gasteiger partial charge in [-0.25, -0.2) is 9.97 Å². The van der Waals surface area contributed by atoms with Crippen molar-refractivity contribution in [2.75, 3.05) is 0 Å². The van der Waals surface area contributed by atoms with Crippen molar-refractivity contribution < 1.29 is 9.59 Å². The Morgan fingerprint density at radius 3 is 2.52 bits per heavy atom. The monoisotopic (exact) mass is 354 g/mol. The van der Waals surface area contributed by atoms with Gasteiger partial charge in [0.15, 0.2) is 5.78 Å². The van der Waals surface area contributed by atoms with Crippen molar-refractivity contribution in [2.45, 2.75) is 19.8 Å². The second-order valence-electron chi connectivity index (χ2n) is 6.58. The molecule has 0 fully saturated rings. The van der Waals surface area contributed by atoms with E-state index in [-0.39, 0.29) is 22.8 Å². The minimum atomic E-state index is -0.241. The first-order valence-corrected chi connectivity index (χ1v) is 8.93. The molecule has 0 amide bonds. The number of hydrogen-bond donors (Lipinski definition) is 0. The Hall–Kier alpha value is -3.40. The average molecular weight is 354 g/mol. The first-order valence-electron chi connectivity index (χ1n) is 8.93. The van der Waals surface area contributed by atoms with Gasteiger partial charge < -0.3 is 0 Å². The predicted octanol–water partition coefficient (Wildman–Crippen LogP) is 4.25. The number of hydrogen-bond acceptors (Lipinski definition) is 4. The summed E-state index contributed by atoms with van der Waals surface area (Å²) in [6, 6.07) is 16.6. The van der Waals surface area contributed by atoms with Gasteiger partial charge in [-0.1, -0.05) is 55.5 Å². The van der Waals surface area contributed by atoms with E-state index in [1.165, 1.54) is 29.7 Å². The van der Waals surface area contributed by atoms with E-state index in [1.54, 1.807) is 0 Å². The number of fused-ring (bicyclic) bond motifs is 1. The first kappa shape index (κ1) is 17.0. The quantitative estimate of drug-likeness (QED) is 0.703. The van der Waals surface area contributed by atoms with Crippen molar-refractivity contribution in [3.8, 4) is 11.1 Å². The van der Waals surface area contributed by atoms with E-state index in [0.29, 0.717) is 12.0 Å². The van der Waals surface area contributed by atoms with E-state index in [9.17, 15) is 9.59 Å². The molecule has 0 atom stereocenters. The molecule has 1 aromatic heterocycles. The number of rotatable bonds is 4. The fraction of sp³-hybridized carbons (Fsp3) is 0.130. The fourth-order valence-electron chi connectivity index (χ4n) is 3.29. The lowest BCUT2D eigenvalue weighted by atomic mass is 9.90. The predicted molar refractivity (Wildman–Crippen MR) is 104 cm³/mol. The van der Waals surface area contributed by atoms with E-state index in [1.807, 2.05) is 12.1 Å². The summed E-state index contributed by atoms with van der Waals surface area (Å²) >= 11 is 0. The molecule has 1 aliphatic carbocycles. The molecule has 4 nitrogen and oxygen atoms in total.